The Bertz CT molecular complexity index is 665. The van der Waals surface area contributed by atoms with Gasteiger partial charge in [-0.3, -0.25) is 14.3 Å². The van der Waals surface area contributed by atoms with Gasteiger partial charge in [-0.2, -0.15) is 0 Å². The number of morpholine rings is 1. The van der Waals surface area contributed by atoms with E-state index in [0.717, 1.165) is 13.1 Å². The van der Waals surface area contributed by atoms with E-state index in [-0.39, 0.29) is 12.1 Å². The number of ether oxygens (including phenoxy) is 1. The summed E-state index contributed by atoms with van der Waals surface area (Å²) < 4.78 is 6.76. The lowest BCUT2D eigenvalue weighted by molar-refractivity contribution is 0.0113. The van der Waals surface area contributed by atoms with Gasteiger partial charge in [0.25, 0.3) is 5.56 Å². The van der Waals surface area contributed by atoms with E-state index in [4.69, 9.17) is 4.74 Å². The summed E-state index contributed by atoms with van der Waals surface area (Å²) >= 11 is 0. The van der Waals surface area contributed by atoms with Crippen molar-refractivity contribution in [2.45, 2.75) is 12.6 Å². The predicted molar refractivity (Wildman–Crippen MR) is 79.3 cm³/mol. The van der Waals surface area contributed by atoms with Crippen LogP contribution in [0.15, 0.2) is 35.4 Å². The van der Waals surface area contributed by atoms with Gasteiger partial charge in [0.05, 0.1) is 43.1 Å². The van der Waals surface area contributed by atoms with E-state index < -0.39 is 6.10 Å². The molecule has 0 amide bonds. The van der Waals surface area contributed by atoms with Crippen LogP contribution in [0.4, 0.5) is 0 Å². The number of fused-ring (bicyclic) bond motifs is 1. The van der Waals surface area contributed by atoms with Crippen LogP contribution in [0, 0.1) is 0 Å². The molecule has 1 N–H and O–H groups in total. The SMILES string of the molecule is O=c1c2ccccc2ncn1C[C@H](O)CN1CCOCC1. The average molecular weight is 289 g/mol. The third kappa shape index (κ3) is 3.29. The molecule has 1 aliphatic heterocycles. The van der Waals surface area contributed by atoms with Gasteiger partial charge in [-0.1, -0.05) is 12.1 Å². The number of rotatable bonds is 4. The lowest BCUT2D eigenvalue weighted by Gasteiger charge is -2.28. The fourth-order valence-electron chi connectivity index (χ4n) is 2.60. The maximum Gasteiger partial charge on any atom is 0.261 e. The number of aliphatic hydroxyl groups excluding tert-OH is 1. The normalized spacial score (nSPS) is 18.0. The van der Waals surface area contributed by atoms with Gasteiger partial charge in [-0.15, -0.1) is 0 Å². The summed E-state index contributed by atoms with van der Waals surface area (Å²) in [6, 6.07) is 7.24. The van der Waals surface area contributed by atoms with Gasteiger partial charge in [0.1, 0.15) is 0 Å². The summed E-state index contributed by atoms with van der Waals surface area (Å²) in [5, 5.41) is 10.8. The number of benzene rings is 1. The van der Waals surface area contributed by atoms with E-state index in [0.29, 0.717) is 30.7 Å². The Hall–Kier alpha value is -1.76. The van der Waals surface area contributed by atoms with Crippen molar-refractivity contribution in [3.05, 3.63) is 40.9 Å². The number of hydrogen-bond acceptors (Lipinski definition) is 5. The van der Waals surface area contributed by atoms with Crippen LogP contribution in [0.3, 0.4) is 0 Å². The van der Waals surface area contributed by atoms with Gasteiger partial charge in [0, 0.05) is 19.6 Å². The molecule has 1 aromatic heterocycles. The van der Waals surface area contributed by atoms with Gasteiger partial charge in [-0.25, -0.2) is 4.98 Å². The van der Waals surface area contributed by atoms with Crippen molar-refractivity contribution in [3.63, 3.8) is 0 Å². The van der Waals surface area contributed by atoms with Crippen molar-refractivity contribution in [3.8, 4) is 0 Å². The highest BCUT2D eigenvalue weighted by Gasteiger charge is 2.16. The third-order valence-electron chi connectivity index (χ3n) is 3.71. The van der Waals surface area contributed by atoms with Crippen LogP contribution in [0.5, 0.6) is 0 Å². The Morgan fingerprint density at radius 2 is 2.00 bits per heavy atom. The second-order valence-corrected chi connectivity index (χ2v) is 5.29. The summed E-state index contributed by atoms with van der Waals surface area (Å²) in [4.78, 5) is 18.7. The second kappa shape index (κ2) is 6.34. The van der Waals surface area contributed by atoms with Crippen molar-refractivity contribution in [1.29, 1.82) is 0 Å². The zero-order chi connectivity index (χ0) is 14.7. The minimum atomic E-state index is -0.594. The standard InChI is InChI=1S/C15H19N3O3/c19-12(9-17-5-7-21-8-6-17)10-18-11-16-14-4-2-1-3-13(14)15(18)20/h1-4,11-12,19H,5-10H2/t12-/m1/s1. The highest BCUT2D eigenvalue weighted by atomic mass is 16.5. The van der Waals surface area contributed by atoms with Crippen molar-refractivity contribution < 1.29 is 9.84 Å². The monoisotopic (exact) mass is 289 g/mol. The topological polar surface area (TPSA) is 67.6 Å². The van der Waals surface area contributed by atoms with E-state index in [1.807, 2.05) is 18.2 Å². The first-order chi connectivity index (χ1) is 10.2. The van der Waals surface area contributed by atoms with Crippen LogP contribution >= 0.6 is 0 Å². The van der Waals surface area contributed by atoms with Gasteiger partial charge in [-0.05, 0) is 12.1 Å². The van der Waals surface area contributed by atoms with Crippen LogP contribution in [-0.2, 0) is 11.3 Å². The molecule has 1 fully saturated rings. The number of para-hydroxylation sites is 1. The van der Waals surface area contributed by atoms with Crippen molar-refractivity contribution in [1.82, 2.24) is 14.5 Å². The molecule has 0 aliphatic carbocycles. The maximum atomic E-state index is 12.3. The van der Waals surface area contributed by atoms with Crippen LogP contribution in [0.1, 0.15) is 0 Å². The summed E-state index contributed by atoms with van der Waals surface area (Å²) in [5.74, 6) is 0. The Morgan fingerprint density at radius 1 is 1.24 bits per heavy atom. The molecule has 0 saturated carbocycles. The highest BCUT2D eigenvalue weighted by molar-refractivity contribution is 5.76. The molecular formula is C15H19N3O3. The molecule has 21 heavy (non-hydrogen) atoms. The number of aliphatic hydroxyl groups is 1. The largest absolute Gasteiger partial charge is 0.390 e. The van der Waals surface area contributed by atoms with Crippen LogP contribution in [0.25, 0.3) is 10.9 Å². The molecular weight excluding hydrogens is 270 g/mol. The highest BCUT2D eigenvalue weighted by Crippen LogP contribution is 2.05. The molecule has 1 aromatic carbocycles. The van der Waals surface area contributed by atoms with Crippen molar-refractivity contribution in [2.75, 3.05) is 32.8 Å². The molecule has 0 spiro atoms. The van der Waals surface area contributed by atoms with Crippen molar-refractivity contribution >= 4 is 10.9 Å². The molecule has 2 heterocycles. The minimum absolute atomic E-state index is 0.110. The van der Waals surface area contributed by atoms with Gasteiger partial charge in [0.15, 0.2) is 0 Å². The lowest BCUT2D eigenvalue weighted by Crippen LogP contribution is -2.42. The van der Waals surface area contributed by atoms with Crippen LogP contribution in [-0.4, -0.2) is 58.5 Å². The maximum absolute atomic E-state index is 12.3. The molecule has 3 rings (SSSR count). The number of hydrogen-bond donors (Lipinski definition) is 1. The average Bonchev–Trinajstić information content (AvgIpc) is 2.51. The summed E-state index contributed by atoms with van der Waals surface area (Å²) in [7, 11) is 0. The van der Waals surface area contributed by atoms with E-state index in [9.17, 15) is 9.90 Å². The predicted octanol–water partition coefficient (Wildman–Crippen LogP) is 0.0896. The van der Waals surface area contributed by atoms with Gasteiger partial charge >= 0.3 is 0 Å². The number of nitrogens with zero attached hydrogens (tertiary/aromatic N) is 3. The van der Waals surface area contributed by atoms with Crippen molar-refractivity contribution in [2.24, 2.45) is 0 Å². The molecule has 1 atom stereocenters. The molecule has 1 saturated heterocycles. The van der Waals surface area contributed by atoms with Gasteiger partial charge < -0.3 is 9.84 Å². The van der Waals surface area contributed by atoms with Crippen LogP contribution in [0.2, 0.25) is 0 Å². The Labute approximate surface area is 122 Å². The quantitative estimate of drug-likeness (QED) is 0.864. The molecule has 0 unspecified atom stereocenters. The molecule has 0 radical (unpaired) electrons. The zero-order valence-electron chi connectivity index (χ0n) is 11.8. The molecule has 2 aromatic rings. The summed E-state index contributed by atoms with van der Waals surface area (Å²) in [5.41, 5.74) is 0.572. The Balaban J connectivity index is 1.72. The van der Waals surface area contributed by atoms with E-state index in [2.05, 4.69) is 9.88 Å². The van der Waals surface area contributed by atoms with Gasteiger partial charge in [0.2, 0.25) is 0 Å². The van der Waals surface area contributed by atoms with Crippen LogP contribution < -0.4 is 5.56 Å². The molecule has 6 nitrogen and oxygen atoms in total. The van der Waals surface area contributed by atoms with E-state index in [1.165, 1.54) is 10.9 Å². The summed E-state index contributed by atoms with van der Waals surface area (Å²) in [6.45, 7) is 3.84. The minimum Gasteiger partial charge on any atom is -0.390 e. The fourth-order valence-corrected chi connectivity index (χ4v) is 2.60. The lowest BCUT2D eigenvalue weighted by atomic mass is 10.2. The molecule has 6 heteroatoms. The first kappa shape index (κ1) is 14.2. The van der Waals surface area contributed by atoms with E-state index in [1.54, 1.807) is 6.07 Å². The molecule has 1 aliphatic rings. The Kier molecular flexibility index (Phi) is 4.28. The Morgan fingerprint density at radius 3 is 2.81 bits per heavy atom. The molecule has 112 valence electrons. The summed E-state index contributed by atoms with van der Waals surface area (Å²) in [6.07, 6.45) is 0.913. The third-order valence-corrected chi connectivity index (χ3v) is 3.71. The number of aromatic nitrogens is 2. The fraction of sp³-hybridized carbons (Fsp3) is 0.467. The number of β-amino-alcohol motifs (C(OH)–C–C–N with tert-alkyl or cyclic N) is 1. The first-order valence-electron chi connectivity index (χ1n) is 7.16. The molecule has 0 bridgehead atoms. The van der Waals surface area contributed by atoms with E-state index >= 15 is 0 Å². The first-order valence-corrected chi connectivity index (χ1v) is 7.16. The smallest absolute Gasteiger partial charge is 0.261 e. The zero-order valence-corrected chi connectivity index (χ0v) is 11.8. The second-order valence-electron chi connectivity index (χ2n) is 5.29.